The number of carboxylic acids is 3. The van der Waals surface area contributed by atoms with Crippen LogP contribution in [-0.4, -0.2) is 88.2 Å². The van der Waals surface area contributed by atoms with Crippen molar-refractivity contribution in [3.05, 3.63) is 60.2 Å². The van der Waals surface area contributed by atoms with Crippen molar-refractivity contribution >= 4 is 23.9 Å². The summed E-state index contributed by atoms with van der Waals surface area (Å²) in [6.45, 7) is 5.82. The van der Waals surface area contributed by atoms with Gasteiger partial charge in [-0.2, -0.15) is 0 Å². The van der Waals surface area contributed by atoms with Crippen LogP contribution in [-0.2, 0) is 23.9 Å². The second kappa shape index (κ2) is 14.7. The maximum atomic E-state index is 12.7. The van der Waals surface area contributed by atoms with E-state index in [0.717, 1.165) is 18.7 Å². The number of likely N-dealkylation sites (N-methyl/N-ethyl adjacent to an activating group) is 1. The van der Waals surface area contributed by atoms with Gasteiger partial charge in [0.15, 0.2) is 23.0 Å². The molecule has 39 heavy (non-hydrogen) atoms. The van der Waals surface area contributed by atoms with E-state index in [0.29, 0.717) is 24.7 Å². The maximum absolute atomic E-state index is 12.7. The van der Waals surface area contributed by atoms with Gasteiger partial charge in [0, 0.05) is 6.54 Å². The number of hydrogen-bond acceptors (Lipinski definition) is 9. The van der Waals surface area contributed by atoms with Crippen molar-refractivity contribution in [2.24, 2.45) is 5.41 Å². The van der Waals surface area contributed by atoms with Gasteiger partial charge in [-0.3, -0.25) is 14.4 Å². The third-order valence-corrected chi connectivity index (χ3v) is 6.08. The van der Waals surface area contributed by atoms with Crippen molar-refractivity contribution in [3.63, 3.8) is 0 Å². The Bertz CT molecular complexity index is 1100. The highest BCUT2D eigenvalue weighted by atomic mass is 16.6. The van der Waals surface area contributed by atoms with Crippen molar-refractivity contribution in [1.82, 2.24) is 4.90 Å². The first-order valence-corrected chi connectivity index (χ1v) is 12.2. The van der Waals surface area contributed by atoms with Crippen molar-refractivity contribution in [1.29, 1.82) is 0 Å². The van der Waals surface area contributed by atoms with Crippen LogP contribution >= 0.6 is 0 Å². The molecule has 4 N–H and O–H groups in total. The van der Waals surface area contributed by atoms with Gasteiger partial charge in [0.1, 0.15) is 6.61 Å². The summed E-state index contributed by atoms with van der Waals surface area (Å²) in [7, 11) is 0. The highest BCUT2D eigenvalue weighted by Gasteiger charge is 2.48. The van der Waals surface area contributed by atoms with E-state index in [9.17, 15) is 19.2 Å². The summed E-state index contributed by atoms with van der Waals surface area (Å²) in [5.74, 6) is -4.55. The Kier molecular flexibility index (Phi) is 11.7. The van der Waals surface area contributed by atoms with Crippen LogP contribution in [0.1, 0.15) is 31.9 Å². The summed E-state index contributed by atoms with van der Waals surface area (Å²) in [4.78, 5) is 45.9. The molecule has 0 unspecified atom stereocenters. The number of esters is 1. The lowest BCUT2D eigenvalue weighted by molar-refractivity contribution is -0.172. The number of carbonyl (C=O) groups is 4. The molecule has 1 aliphatic rings. The van der Waals surface area contributed by atoms with Crippen LogP contribution in [0.3, 0.4) is 0 Å². The molecule has 0 amide bonds. The third kappa shape index (κ3) is 8.16. The number of benzene rings is 2. The van der Waals surface area contributed by atoms with E-state index in [1.165, 1.54) is 0 Å². The topological polar surface area (TPSA) is 180 Å². The van der Waals surface area contributed by atoms with E-state index < -0.39 is 54.5 Å². The highest BCUT2D eigenvalue weighted by molar-refractivity contribution is 6.01. The van der Waals surface area contributed by atoms with Crippen molar-refractivity contribution in [2.75, 3.05) is 32.8 Å². The lowest BCUT2D eigenvalue weighted by Gasteiger charge is -2.33. The van der Waals surface area contributed by atoms with E-state index in [1.54, 1.807) is 6.07 Å². The molecule has 0 saturated carbocycles. The van der Waals surface area contributed by atoms with Gasteiger partial charge in [0.2, 0.25) is 6.10 Å². The monoisotopic (exact) mass is 547 g/mol. The average Bonchev–Trinajstić information content (AvgIpc) is 2.93. The van der Waals surface area contributed by atoms with Gasteiger partial charge in [-0.05, 0) is 30.8 Å². The van der Waals surface area contributed by atoms with Crippen LogP contribution in [0.5, 0.6) is 11.5 Å². The minimum atomic E-state index is -2.65. The number of carbonyl (C=O) groups excluding carboxylic acids is 1. The molecule has 0 radical (unpaired) electrons. The number of aliphatic carboxylic acids is 3. The maximum Gasteiger partial charge on any atom is 0.351 e. The first-order valence-electron chi connectivity index (χ1n) is 12.2. The molecule has 2 aromatic carbocycles. The van der Waals surface area contributed by atoms with Crippen LogP contribution in [0.15, 0.2) is 54.6 Å². The van der Waals surface area contributed by atoms with Gasteiger partial charge in [0.25, 0.3) is 0 Å². The first kappa shape index (κ1) is 31.1. The van der Waals surface area contributed by atoms with E-state index in [4.69, 9.17) is 34.6 Å². The number of carboxylic acid groups (broad SMARTS) is 3. The lowest BCUT2D eigenvalue weighted by atomic mass is 9.85. The van der Waals surface area contributed by atoms with Crippen LogP contribution in [0.4, 0.5) is 0 Å². The highest BCUT2D eigenvalue weighted by Crippen LogP contribution is 2.39. The van der Waals surface area contributed by atoms with Crippen LogP contribution in [0.2, 0.25) is 0 Å². The Labute approximate surface area is 225 Å². The molecule has 2 aromatic rings. The number of aliphatic hydroxyl groups is 1. The van der Waals surface area contributed by atoms with E-state index >= 15 is 0 Å². The molecule has 0 spiro atoms. The zero-order valence-corrected chi connectivity index (χ0v) is 21.7. The summed E-state index contributed by atoms with van der Waals surface area (Å²) in [5, 5.41) is 33.7. The summed E-state index contributed by atoms with van der Waals surface area (Å²) in [6, 6.07) is 17.0. The standard InChI is InChI=1S/C21H25NO4.C6H8O7/c1-3-22(4-2)14-15-24-21(23)20-19(16-10-6-5-7-11-16)25-17-12-8-9-13-18(17)26-20;7-2-6(4(10)11,5(12)13)1-3(8)9/h5-13,19-20H,3-4,14-15H2,1-2H3;7H,1-2H2,(H,8,9)(H,10,11)(H,12,13)/t19-,20+;/m0./s1. The van der Waals surface area contributed by atoms with E-state index in [2.05, 4.69) is 18.7 Å². The molecule has 1 aliphatic heterocycles. The predicted octanol–water partition coefficient (Wildman–Crippen LogP) is 2.06. The Morgan fingerprint density at radius 2 is 1.41 bits per heavy atom. The SMILES string of the molecule is CCN(CC)CCOC(=O)[C@@H]1Oc2ccccc2O[C@H]1c1ccccc1.O=C(O)CC(CO)(C(=O)O)C(=O)O. The number of fused-ring (bicyclic) bond motifs is 1. The lowest BCUT2D eigenvalue weighted by Crippen LogP contribution is -2.44. The average molecular weight is 548 g/mol. The Morgan fingerprint density at radius 1 is 0.872 bits per heavy atom. The second-order valence-electron chi connectivity index (χ2n) is 8.55. The molecule has 3 rings (SSSR count). The summed E-state index contributed by atoms with van der Waals surface area (Å²) in [5.41, 5.74) is -1.76. The van der Waals surface area contributed by atoms with Crippen molar-refractivity contribution in [3.8, 4) is 11.5 Å². The number of hydrogen-bond donors (Lipinski definition) is 4. The number of para-hydroxylation sites is 2. The molecule has 0 aliphatic carbocycles. The summed E-state index contributed by atoms with van der Waals surface area (Å²) >= 11 is 0. The van der Waals surface area contributed by atoms with Gasteiger partial charge in [-0.15, -0.1) is 0 Å². The zero-order valence-electron chi connectivity index (χ0n) is 21.7. The number of nitrogens with zero attached hydrogens (tertiary/aromatic N) is 1. The number of ether oxygens (including phenoxy) is 3. The van der Waals surface area contributed by atoms with E-state index in [-0.39, 0.29) is 0 Å². The van der Waals surface area contributed by atoms with Crippen LogP contribution in [0.25, 0.3) is 0 Å². The molecule has 0 saturated heterocycles. The molecule has 12 nitrogen and oxygen atoms in total. The van der Waals surface area contributed by atoms with Crippen LogP contribution in [0, 0.1) is 5.41 Å². The Balaban J connectivity index is 0.000000349. The molecule has 2 atom stereocenters. The van der Waals surface area contributed by atoms with Gasteiger partial charge in [-0.25, -0.2) is 4.79 Å². The van der Waals surface area contributed by atoms with E-state index in [1.807, 2.05) is 48.5 Å². The molecular formula is C27H33NO11. The van der Waals surface area contributed by atoms with Gasteiger partial charge < -0.3 is 39.5 Å². The molecule has 12 heteroatoms. The number of aliphatic hydroxyl groups excluding tert-OH is 1. The quantitative estimate of drug-likeness (QED) is 0.225. The molecule has 0 bridgehead atoms. The molecule has 0 aromatic heterocycles. The number of rotatable bonds is 12. The second-order valence-corrected chi connectivity index (χ2v) is 8.55. The Hall–Kier alpha value is -4.16. The fourth-order valence-electron chi connectivity index (χ4n) is 3.69. The Morgan fingerprint density at radius 3 is 1.87 bits per heavy atom. The fraction of sp³-hybridized carbons (Fsp3) is 0.407. The van der Waals surface area contributed by atoms with Crippen LogP contribution < -0.4 is 9.47 Å². The first-order chi connectivity index (χ1) is 18.6. The normalized spacial score (nSPS) is 16.0. The minimum absolute atomic E-state index is 0.337. The molecule has 0 fully saturated rings. The molecule has 212 valence electrons. The minimum Gasteiger partial charge on any atom is -0.481 e. The van der Waals surface area contributed by atoms with Crippen molar-refractivity contribution in [2.45, 2.75) is 32.5 Å². The van der Waals surface area contributed by atoms with Gasteiger partial charge >= 0.3 is 23.9 Å². The fourth-order valence-corrected chi connectivity index (χ4v) is 3.69. The smallest absolute Gasteiger partial charge is 0.351 e. The zero-order chi connectivity index (χ0) is 29.0. The van der Waals surface area contributed by atoms with Gasteiger partial charge in [-0.1, -0.05) is 56.3 Å². The van der Waals surface area contributed by atoms with Gasteiger partial charge in [0.05, 0.1) is 13.0 Å². The summed E-state index contributed by atoms with van der Waals surface area (Å²) < 4.78 is 17.5. The third-order valence-electron chi connectivity index (χ3n) is 6.08. The van der Waals surface area contributed by atoms with Crippen molar-refractivity contribution < 1.29 is 53.8 Å². The summed E-state index contributed by atoms with van der Waals surface area (Å²) in [6.07, 6.45) is -2.52. The predicted molar refractivity (Wildman–Crippen MR) is 136 cm³/mol. The molecular weight excluding hydrogens is 514 g/mol. The molecule has 1 heterocycles. The largest absolute Gasteiger partial charge is 0.481 e.